The van der Waals surface area contributed by atoms with E-state index in [2.05, 4.69) is 15.9 Å². The summed E-state index contributed by atoms with van der Waals surface area (Å²) in [4.78, 5) is 0. The summed E-state index contributed by atoms with van der Waals surface area (Å²) in [6.45, 7) is 2.58. The third-order valence-electron chi connectivity index (χ3n) is 3.71. The highest BCUT2D eigenvalue weighted by molar-refractivity contribution is 9.10. The molecule has 0 spiro atoms. The standard InChI is InChI=1S/C9H5BrF3N.C9H7F3N2/c1-5-7(10)3-2-6(4-14)8(5)9(11,12)13;1-5-7(14)3-2-6(4-13)8(5)9(10,11)12/h2-3H,1H3;2-3H,14H2,1H3. The van der Waals surface area contributed by atoms with Gasteiger partial charge in [-0.1, -0.05) is 15.9 Å². The second-order valence-corrected chi connectivity index (χ2v) is 6.37. The van der Waals surface area contributed by atoms with Crippen LogP contribution < -0.4 is 5.73 Å². The molecular formula is C18H12BrF6N3. The Morgan fingerprint density at radius 3 is 1.57 bits per heavy atom. The lowest BCUT2D eigenvalue weighted by atomic mass is 10.0. The molecule has 2 N–H and O–H groups in total. The summed E-state index contributed by atoms with van der Waals surface area (Å²) in [6.07, 6.45) is -9.02. The first kappa shape index (κ1) is 23.3. The van der Waals surface area contributed by atoms with Crippen molar-refractivity contribution in [2.24, 2.45) is 0 Å². The highest BCUT2D eigenvalue weighted by Gasteiger charge is 2.36. The first-order chi connectivity index (χ1) is 12.8. The molecule has 2 rings (SSSR count). The molecule has 148 valence electrons. The zero-order valence-electron chi connectivity index (χ0n) is 14.4. The summed E-state index contributed by atoms with van der Waals surface area (Å²) in [5, 5.41) is 17.0. The van der Waals surface area contributed by atoms with E-state index in [1.807, 2.05) is 0 Å². The zero-order chi connectivity index (χ0) is 21.9. The summed E-state index contributed by atoms with van der Waals surface area (Å²) >= 11 is 2.99. The molecule has 0 amide bonds. The Labute approximate surface area is 165 Å². The topological polar surface area (TPSA) is 73.6 Å². The number of nitrogens with two attached hydrogens (primary N) is 1. The average Bonchev–Trinajstić information content (AvgIpc) is 2.57. The van der Waals surface area contributed by atoms with Gasteiger partial charge in [-0.05, 0) is 49.2 Å². The number of alkyl halides is 6. The Hall–Kier alpha value is -2.72. The number of anilines is 1. The second-order valence-electron chi connectivity index (χ2n) is 5.52. The van der Waals surface area contributed by atoms with Gasteiger partial charge in [0.25, 0.3) is 0 Å². The van der Waals surface area contributed by atoms with Crippen LogP contribution in [0.4, 0.5) is 32.0 Å². The Morgan fingerprint density at radius 1 is 0.786 bits per heavy atom. The summed E-state index contributed by atoms with van der Waals surface area (Å²) in [6, 6.07) is 7.98. The van der Waals surface area contributed by atoms with Crippen molar-refractivity contribution in [3.05, 3.63) is 62.1 Å². The fourth-order valence-corrected chi connectivity index (χ4v) is 2.66. The van der Waals surface area contributed by atoms with Crippen LogP contribution in [0.5, 0.6) is 0 Å². The first-order valence-electron chi connectivity index (χ1n) is 7.38. The van der Waals surface area contributed by atoms with Gasteiger partial charge in [0.05, 0.1) is 34.4 Å². The van der Waals surface area contributed by atoms with Crippen molar-refractivity contribution in [2.45, 2.75) is 26.2 Å². The van der Waals surface area contributed by atoms with Gasteiger partial charge in [-0.15, -0.1) is 0 Å². The minimum atomic E-state index is -4.54. The molecule has 0 atom stereocenters. The fraction of sp³-hybridized carbons (Fsp3) is 0.222. The minimum Gasteiger partial charge on any atom is -0.399 e. The Bertz CT molecular complexity index is 886. The summed E-state index contributed by atoms with van der Waals surface area (Å²) in [5.74, 6) is 0. The number of nitriles is 2. The number of nitrogens with zero attached hydrogens (tertiary/aromatic N) is 2. The van der Waals surface area contributed by atoms with E-state index in [0.29, 0.717) is 4.47 Å². The van der Waals surface area contributed by atoms with E-state index >= 15 is 0 Å². The molecule has 2 aromatic rings. The van der Waals surface area contributed by atoms with Crippen molar-refractivity contribution in [1.29, 1.82) is 10.5 Å². The molecule has 0 bridgehead atoms. The maximum Gasteiger partial charge on any atom is 0.418 e. The molecular weight excluding hydrogens is 452 g/mol. The Kier molecular flexibility index (Phi) is 7.10. The van der Waals surface area contributed by atoms with Crippen LogP contribution in [-0.4, -0.2) is 0 Å². The lowest BCUT2D eigenvalue weighted by Gasteiger charge is -2.13. The third kappa shape index (κ3) is 5.17. The quantitative estimate of drug-likeness (QED) is 0.378. The van der Waals surface area contributed by atoms with Crippen LogP contribution in [0.3, 0.4) is 0 Å². The molecule has 0 radical (unpaired) electrons. The smallest absolute Gasteiger partial charge is 0.399 e. The predicted molar refractivity (Wildman–Crippen MR) is 93.9 cm³/mol. The Morgan fingerprint density at radius 2 is 1.18 bits per heavy atom. The molecule has 0 saturated heterocycles. The highest BCUT2D eigenvalue weighted by Crippen LogP contribution is 2.37. The fourth-order valence-electron chi connectivity index (χ4n) is 2.33. The van der Waals surface area contributed by atoms with Crippen molar-refractivity contribution in [2.75, 3.05) is 5.73 Å². The van der Waals surface area contributed by atoms with E-state index in [-0.39, 0.29) is 22.4 Å². The summed E-state index contributed by atoms with van der Waals surface area (Å²) in [7, 11) is 0. The van der Waals surface area contributed by atoms with Crippen LogP contribution >= 0.6 is 15.9 Å². The van der Waals surface area contributed by atoms with Gasteiger partial charge in [-0.2, -0.15) is 36.9 Å². The van der Waals surface area contributed by atoms with Crippen LogP contribution in [0.2, 0.25) is 0 Å². The van der Waals surface area contributed by atoms with E-state index < -0.39 is 29.0 Å². The van der Waals surface area contributed by atoms with Crippen LogP contribution in [0, 0.1) is 36.5 Å². The van der Waals surface area contributed by atoms with Gasteiger partial charge in [0.1, 0.15) is 0 Å². The van der Waals surface area contributed by atoms with Gasteiger partial charge in [0, 0.05) is 10.2 Å². The lowest BCUT2D eigenvalue weighted by molar-refractivity contribution is -0.139. The molecule has 28 heavy (non-hydrogen) atoms. The van der Waals surface area contributed by atoms with E-state index in [4.69, 9.17) is 16.3 Å². The predicted octanol–water partition coefficient (Wildman–Crippen LogP) is 6.12. The highest BCUT2D eigenvalue weighted by atomic mass is 79.9. The SMILES string of the molecule is Cc1c(Br)ccc(C#N)c1C(F)(F)F.Cc1c(N)ccc(C#N)c1C(F)(F)F. The molecule has 10 heteroatoms. The summed E-state index contributed by atoms with van der Waals surface area (Å²) in [5.41, 5.74) is 2.75. The maximum absolute atomic E-state index is 12.5. The van der Waals surface area contributed by atoms with E-state index in [9.17, 15) is 26.3 Å². The van der Waals surface area contributed by atoms with Crippen molar-refractivity contribution >= 4 is 21.6 Å². The third-order valence-corrected chi connectivity index (χ3v) is 4.57. The van der Waals surface area contributed by atoms with Crippen molar-refractivity contribution in [1.82, 2.24) is 0 Å². The van der Waals surface area contributed by atoms with Gasteiger partial charge >= 0.3 is 12.4 Å². The van der Waals surface area contributed by atoms with Crippen LogP contribution in [0.15, 0.2) is 28.7 Å². The van der Waals surface area contributed by atoms with Crippen molar-refractivity contribution in [3.63, 3.8) is 0 Å². The molecule has 2 aromatic carbocycles. The molecule has 0 fully saturated rings. The molecule has 0 heterocycles. The molecule has 0 aliphatic carbocycles. The second kappa shape index (κ2) is 8.53. The van der Waals surface area contributed by atoms with Crippen LogP contribution in [0.1, 0.15) is 33.4 Å². The molecule has 3 nitrogen and oxygen atoms in total. The van der Waals surface area contributed by atoms with Gasteiger partial charge in [0.15, 0.2) is 0 Å². The molecule has 0 unspecified atom stereocenters. The normalized spacial score (nSPS) is 11.1. The van der Waals surface area contributed by atoms with Crippen molar-refractivity contribution in [3.8, 4) is 12.1 Å². The maximum atomic E-state index is 12.5. The van der Waals surface area contributed by atoms with Gasteiger partial charge < -0.3 is 5.73 Å². The minimum absolute atomic E-state index is 0.0383. The number of rotatable bonds is 0. The first-order valence-corrected chi connectivity index (χ1v) is 8.17. The molecule has 0 aliphatic heterocycles. The molecule has 0 saturated carbocycles. The van der Waals surface area contributed by atoms with Crippen LogP contribution in [-0.2, 0) is 12.4 Å². The van der Waals surface area contributed by atoms with E-state index in [0.717, 1.165) is 12.1 Å². The number of benzene rings is 2. The van der Waals surface area contributed by atoms with Gasteiger partial charge in [-0.3, -0.25) is 0 Å². The lowest BCUT2D eigenvalue weighted by Crippen LogP contribution is -2.11. The number of nitrogen functional groups attached to an aromatic ring is 1. The number of hydrogen-bond donors (Lipinski definition) is 1. The van der Waals surface area contributed by atoms with Crippen LogP contribution in [0.25, 0.3) is 0 Å². The monoisotopic (exact) mass is 463 g/mol. The zero-order valence-corrected chi connectivity index (χ0v) is 16.0. The molecule has 0 aliphatic rings. The number of halogens is 7. The molecule has 0 aromatic heterocycles. The van der Waals surface area contributed by atoms with Crippen molar-refractivity contribution < 1.29 is 26.3 Å². The summed E-state index contributed by atoms with van der Waals surface area (Å²) < 4.78 is 75.3. The average molecular weight is 464 g/mol. The van der Waals surface area contributed by atoms with E-state index in [1.54, 1.807) is 0 Å². The van der Waals surface area contributed by atoms with Gasteiger partial charge in [-0.25, -0.2) is 0 Å². The van der Waals surface area contributed by atoms with E-state index in [1.165, 1.54) is 38.1 Å². The Balaban J connectivity index is 0.000000280. The largest absolute Gasteiger partial charge is 0.418 e. The number of hydrogen-bond acceptors (Lipinski definition) is 3. The van der Waals surface area contributed by atoms with Gasteiger partial charge in [0.2, 0.25) is 0 Å².